The molecule has 84 valence electrons. The zero-order valence-electron chi connectivity index (χ0n) is 7.50. The first kappa shape index (κ1) is 12.7. The highest BCUT2D eigenvalue weighted by Gasteiger charge is 2.35. The van der Waals surface area contributed by atoms with Gasteiger partial charge in [-0.15, -0.1) is 0 Å². The second-order valence-electron chi connectivity index (χ2n) is 2.97. The monoisotopic (exact) mass is 336 g/mol. The van der Waals surface area contributed by atoms with Gasteiger partial charge in [-0.25, -0.2) is 8.78 Å². The lowest BCUT2D eigenvalue weighted by atomic mass is 10.1. The minimum Gasteiger partial charge on any atom is -0.207 e. The second-order valence-corrected chi connectivity index (χ2v) is 4.84. The van der Waals surface area contributed by atoms with Crippen LogP contribution < -0.4 is 0 Å². The second kappa shape index (κ2) is 4.23. The average Bonchev–Trinajstić information content (AvgIpc) is 2.06. The highest BCUT2D eigenvalue weighted by molar-refractivity contribution is 14.1. The van der Waals surface area contributed by atoms with Crippen molar-refractivity contribution in [3.63, 3.8) is 0 Å². The van der Waals surface area contributed by atoms with Crippen molar-refractivity contribution in [1.82, 2.24) is 0 Å². The molecule has 0 saturated carbocycles. The molecule has 1 unspecified atom stereocenters. The molecule has 0 spiro atoms. The van der Waals surface area contributed by atoms with Crippen LogP contribution in [0.4, 0.5) is 22.0 Å². The van der Waals surface area contributed by atoms with Gasteiger partial charge in [-0.05, 0) is 19.1 Å². The van der Waals surface area contributed by atoms with Gasteiger partial charge in [0, 0.05) is 9.49 Å². The molecule has 0 radical (unpaired) electrons. The maximum absolute atomic E-state index is 13.1. The summed E-state index contributed by atoms with van der Waals surface area (Å²) < 4.78 is 62.2. The Bertz CT molecular complexity index is 370. The van der Waals surface area contributed by atoms with Crippen LogP contribution in [0.1, 0.15) is 22.0 Å². The van der Waals surface area contributed by atoms with Crippen molar-refractivity contribution in [2.45, 2.75) is 17.0 Å². The third kappa shape index (κ3) is 2.79. The Labute approximate surface area is 96.6 Å². The van der Waals surface area contributed by atoms with Gasteiger partial charge >= 0.3 is 6.18 Å². The quantitative estimate of drug-likeness (QED) is 0.403. The molecule has 0 N–H and O–H groups in total. The third-order valence-electron chi connectivity index (χ3n) is 1.82. The Kier molecular flexibility index (Phi) is 3.57. The fraction of sp³-hybridized carbons (Fsp3) is 0.333. The summed E-state index contributed by atoms with van der Waals surface area (Å²) in [6.45, 7) is 1.56. The van der Waals surface area contributed by atoms with Gasteiger partial charge < -0.3 is 0 Å². The number of hydrogen-bond donors (Lipinski definition) is 0. The summed E-state index contributed by atoms with van der Waals surface area (Å²) in [5, 5.41) is 0. The van der Waals surface area contributed by atoms with Gasteiger partial charge in [0.25, 0.3) is 0 Å². The van der Waals surface area contributed by atoms with Gasteiger partial charge in [0.2, 0.25) is 0 Å². The predicted octanol–water partition coefficient (Wildman–Crippen LogP) is 4.48. The van der Waals surface area contributed by atoms with E-state index in [9.17, 15) is 22.0 Å². The van der Waals surface area contributed by atoms with Crippen molar-refractivity contribution in [2.75, 3.05) is 0 Å². The third-order valence-corrected chi connectivity index (χ3v) is 2.49. The minimum absolute atomic E-state index is 0.0684. The molecule has 6 heteroatoms. The standard InChI is InChI=1S/C9H6F5I/c1-4(15)5-2-8(11)6(3-7(5)10)9(12,13)14/h2-4H,1H3. The Balaban J connectivity index is 3.32. The first-order chi connectivity index (χ1) is 6.73. The maximum Gasteiger partial charge on any atom is 0.419 e. The van der Waals surface area contributed by atoms with E-state index in [0.717, 1.165) is 0 Å². The molecule has 0 fully saturated rings. The van der Waals surface area contributed by atoms with Crippen LogP contribution in [0.2, 0.25) is 0 Å². The van der Waals surface area contributed by atoms with Crippen LogP contribution in [0.25, 0.3) is 0 Å². The molecule has 0 nitrogen and oxygen atoms in total. The van der Waals surface area contributed by atoms with E-state index in [1.807, 2.05) is 0 Å². The lowest BCUT2D eigenvalue weighted by Gasteiger charge is -2.11. The Morgan fingerprint density at radius 1 is 1.13 bits per heavy atom. The van der Waals surface area contributed by atoms with Crippen molar-refractivity contribution in [3.8, 4) is 0 Å². The van der Waals surface area contributed by atoms with Crippen LogP contribution >= 0.6 is 22.6 Å². The molecule has 1 rings (SSSR count). The fourth-order valence-electron chi connectivity index (χ4n) is 1.08. The zero-order chi connectivity index (χ0) is 11.8. The number of rotatable bonds is 1. The lowest BCUT2D eigenvalue weighted by molar-refractivity contribution is -0.140. The van der Waals surface area contributed by atoms with Crippen molar-refractivity contribution in [2.24, 2.45) is 0 Å². The van der Waals surface area contributed by atoms with Crippen LogP contribution in [-0.2, 0) is 6.18 Å². The Morgan fingerprint density at radius 2 is 1.67 bits per heavy atom. The van der Waals surface area contributed by atoms with Crippen molar-refractivity contribution < 1.29 is 22.0 Å². The Morgan fingerprint density at radius 3 is 2.07 bits per heavy atom. The van der Waals surface area contributed by atoms with Gasteiger partial charge in [0.05, 0.1) is 5.56 Å². The van der Waals surface area contributed by atoms with Crippen LogP contribution in [0.5, 0.6) is 0 Å². The molecule has 15 heavy (non-hydrogen) atoms. The Hall–Kier alpha value is -0.400. The number of hydrogen-bond acceptors (Lipinski definition) is 0. The SMILES string of the molecule is CC(I)c1cc(F)c(C(F)(F)F)cc1F. The van der Waals surface area contributed by atoms with E-state index in [4.69, 9.17) is 0 Å². The maximum atomic E-state index is 13.1. The zero-order valence-corrected chi connectivity index (χ0v) is 9.66. The summed E-state index contributed by atoms with van der Waals surface area (Å²) in [4.78, 5) is 0. The first-order valence-corrected chi connectivity index (χ1v) is 5.18. The molecule has 1 atom stereocenters. The highest BCUT2D eigenvalue weighted by Crippen LogP contribution is 2.35. The van der Waals surface area contributed by atoms with E-state index < -0.39 is 23.4 Å². The summed E-state index contributed by atoms with van der Waals surface area (Å²) in [7, 11) is 0. The van der Waals surface area contributed by atoms with Crippen LogP contribution in [0.3, 0.4) is 0 Å². The molecule has 0 bridgehead atoms. The van der Waals surface area contributed by atoms with E-state index in [2.05, 4.69) is 0 Å². The number of halogens is 6. The smallest absolute Gasteiger partial charge is 0.207 e. The number of benzene rings is 1. The summed E-state index contributed by atoms with van der Waals surface area (Å²) in [5.41, 5.74) is -1.64. The largest absolute Gasteiger partial charge is 0.419 e. The van der Waals surface area contributed by atoms with Gasteiger partial charge in [-0.2, -0.15) is 13.2 Å². The predicted molar refractivity (Wildman–Crippen MR) is 53.8 cm³/mol. The van der Waals surface area contributed by atoms with Gasteiger partial charge in [-0.1, -0.05) is 22.6 Å². The van der Waals surface area contributed by atoms with E-state index in [1.54, 1.807) is 29.5 Å². The summed E-state index contributed by atoms with van der Waals surface area (Å²) in [5.74, 6) is -2.48. The van der Waals surface area contributed by atoms with E-state index in [1.165, 1.54) is 0 Å². The summed E-state index contributed by atoms with van der Waals surface area (Å²) >= 11 is 1.80. The molecule has 0 aromatic heterocycles. The molecular weight excluding hydrogens is 330 g/mol. The van der Waals surface area contributed by atoms with E-state index in [0.29, 0.717) is 6.07 Å². The highest BCUT2D eigenvalue weighted by atomic mass is 127. The van der Waals surface area contributed by atoms with E-state index >= 15 is 0 Å². The average molecular weight is 336 g/mol. The molecule has 1 aromatic carbocycles. The molecular formula is C9H6F5I. The minimum atomic E-state index is -4.86. The normalized spacial score (nSPS) is 14.1. The van der Waals surface area contributed by atoms with Gasteiger partial charge in [0.1, 0.15) is 11.6 Å². The van der Waals surface area contributed by atoms with Crippen molar-refractivity contribution in [3.05, 3.63) is 34.9 Å². The van der Waals surface area contributed by atoms with Crippen LogP contribution in [-0.4, -0.2) is 0 Å². The summed E-state index contributed by atoms with van der Waals surface area (Å²) in [6, 6.07) is 0.787. The van der Waals surface area contributed by atoms with Crippen LogP contribution in [0, 0.1) is 11.6 Å². The van der Waals surface area contributed by atoms with Crippen molar-refractivity contribution >= 4 is 22.6 Å². The molecule has 1 aromatic rings. The van der Waals surface area contributed by atoms with Gasteiger partial charge in [0.15, 0.2) is 0 Å². The molecule has 0 aliphatic rings. The molecule has 0 amide bonds. The lowest BCUT2D eigenvalue weighted by Crippen LogP contribution is -2.10. The molecule has 0 saturated heterocycles. The topological polar surface area (TPSA) is 0 Å². The van der Waals surface area contributed by atoms with Crippen LogP contribution in [0.15, 0.2) is 12.1 Å². The van der Waals surface area contributed by atoms with E-state index in [-0.39, 0.29) is 15.6 Å². The summed E-state index contributed by atoms with van der Waals surface area (Å²) in [6.07, 6.45) is -4.86. The molecule has 0 heterocycles. The number of alkyl halides is 4. The fourth-order valence-corrected chi connectivity index (χ4v) is 1.56. The first-order valence-electron chi connectivity index (χ1n) is 3.93. The molecule has 0 aliphatic heterocycles. The molecule has 0 aliphatic carbocycles. The van der Waals surface area contributed by atoms with Crippen molar-refractivity contribution in [1.29, 1.82) is 0 Å². The van der Waals surface area contributed by atoms with Gasteiger partial charge in [-0.3, -0.25) is 0 Å².